The number of hydrogen-bond donors (Lipinski definition) is 1. The largest absolute Gasteiger partial charge is 0.353 e. The Bertz CT molecular complexity index is 475. The van der Waals surface area contributed by atoms with E-state index in [9.17, 15) is 4.79 Å². The van der Waals surface area contributed by atoms with Crippen LogP contribution in [-0.2, 0) is 4.79 Å². The molecule has 1 N–H and O–H groups in total. The van der Waals surface area contributed by atoms with Crippen LogP contribution in [0, 0.1) is 0 Å². The minimum Gasteiger partial charge on any atom is -0.353 e. The van der Waals surface area contributed by atoms with Crippen LogP contribution < -0.4 is 10.2 Å². The van der Waals surface area contributed by atoms with Gasteiger partial charge < -0.3 is 10.2 Å². The van der Waals surface area contributed by atoms with E-state index in [-0.39, 0.29) is 11.4 Å². The number of anilines is 2. The molecule has 0 bridgehead atoms. The van der Waals surface area contributed by atoms with E-state index in [1.165, 1.54) is 5.69 Å². The molecule has 1 spiro atoms. The van der Waals surface area contributed by atoms with Crippen molar-refractivity contribution in [3.63, 3.8) is 0 Å². The molecular weight excluding hydrogens is 224 g/mol. The van der Waals surface area contributed by atoms with Crippen LogP contribution in [0.5, 0.6) is 0 Å². The summed E-state index contributed by atoms with van der Waals surface area (Å²) in [6, 6.07) is 8.48. The predicted octanol–water partition coefficient (Wildman–Crippen LogP) is 3.17. The van der Waals surface area contributed by atoms with E-state index in [0.717, 1.165) is 31.4 Å². The Kier molecular flexibility index (Phi) is 2.58. The van der Waals surface area contributed by atoms with Gasteiger partial charge in [-0.15, -0.1) is 0 Å². The van der Waals surface area contributed by atoms with E-state index in [2.05, 4.69) is 30.1 Å². The summed E-state index contributed by atoms with van der Waals surface area (Å²) in [6.45, 7) is 4.35. The van der Waals surface area contributed by atoms with Gasteiger partial charge in [-0.1, -0.05) is 25.0 Å². The number of benzene rings is 1. The summed E-state index contributed by atoms with van der Waals surface area (Å²) in [6.07, 6.45) is 4.26. The lowest BCUT2D eigenvalue weighted by atomic mass is 9.88. The number of rotatable bonds is 1. The van der Waals surface area contributed by atoms with Crippen LogP contribution in [0.15, 0.2) is 24.3 Å². The van der Waals surface area contributed by atoms with Gasteiger partial charge in [-0.2, -0.15) is 0 Å². The zero-order valence-corrected chi connectivity index (χ0v) is 11.1. The maximum Gasteiger partial charge on any atom is 0.250 e. The molecule has 1 amide bonds. The van der Waals surface area contributed by atoms with Crippen LogP contribution in [-0.4, -0.2) is 17.5 Å². The van der Waals surface area contributed by atoms with Gasteiger partial charge in [0.2, 0.25) is 5.91 Å². The van der Waals surface area contributed by atoms with E-state index in [4.69, 9.17) is 0 Å². The van der Waals surface area contributed by atoms with Crippen LogP contribution in [0.4, 0.5) is 11.4 Å². The summed E-state index contributed by atoms with van der Waals surface area (Å²) in [7, 11) is 0. The van der Waals surface area contributed by atoms with Crippen molar-refractivity contribution in [1.82, 2.24) is 0 Å². The van der Waals surface area contributed by atoms with Gasteiger partial charge in [0, 0.05) is 6.04 Å². The second kappa shape index (κ2) is 4.01. The van der Waals surface area contributed by atoms with Crippen LogP contribution in [0.2, 0.25) is 0 Å². The minimum absolute atomic E-state index is 0.187. The first-order valence-corrected chi connectivity index (χ1v) is 6.85. The molecule has 3 heteroatoms. The molecule has 0 atom stereocenters. The van der Waals surface area contributed by atoms with Crippen molar-refractivity contribution in [2.75, 3.05) is 10.2 Å². The van der Waals surface area contributed by atoms with Crippen molar-refractivity contribution in [3.8, 4) is 0 Å². The molecule has 1 aromatic carbocycles. The maximum atomic E-state index is 12.5. The summed E-state index contributed by atoms with van der Waals surface area (Å²) in [5, 5.41) is 3.10. The first kappa shape index (κ1) is 11.6. The summed E-state index contributed by atoms with van der Waals surface area (Å²) in [4.78, 5) is 14.9. The van der Waals surface area contributed by atoms with Gasteiger partial charge in [0.05, 0.1) is 11.4 Å². The molecule has 0 unspecified atom stereocenters. The molecule has 1 fully saturated rings. The highest BCUT2D eigenvalue weighted by molar-refractivity contribution is 6.07. The van der Waals surface area contributed by atoms with Crippen molar-refractivity contribution in [1.29, 1.82) is 0 Å². The second-order valence-corrected chi connectivity index (χ2v) is 5.67. The number of para-hydroxylation sites is 2. The number of hydrogen-bond acceptors (Lipinski definition) is 2. The number of carbonyl (C=O) groups is 1. The number of nitrogens with one attached hydrogen (secondary N) is 1. The molecule has 2 aliphatic rings. The van der Waals surface area contributed by atoms with Gasteiger partial charge >= 0.3 is 0 Å². The van der Waals surface area contributed by atoms with Crippen LogP contribution in [0.3, 0.4) is 0 Å². The average Bonchev–Trinajstić information content (AvgIpc) is 2.80. The fourth-order valence-corrected chi connectivity index (χ4v) is 3.57. The summed E-state index contributed by atoms with van der Waals surface area (Å²) >= 11 is 0. The topological polar surface area (TPSA) is 32.3 Å². The zero-order chi connectivity index (χ0) is 12.8. The Balaban J connectivity index is 2.15. The van der Waals surface area contributed by atoms with Gasteiger partial charge in [0.1, 0.15) is 5.54 Å². The molecule has 0 radical (unpaired) electrons. The SMILES string of the molecule is CC(C)N1c2ccccc2NC(=O)C12CCCC2. The van der Waals surface area contributed by atoms with Gasteiger partial charge in [-0.05, 0) is 38.8 Å². The monoisotopic (exact) mass is 244 g/mol. The van der Waals surface area contributed by atoms with Crippen LogP contribution in [0.25, 0.3) is 0 Å². The molecule has 1 aromatic rings. The normalized spacial score (nSPS) is 21.3. The smallest absolute Gasteiger partial charge is 0.250 e. The molecule has 1 aliphatic heterocycles. The van der Waals surface area contributed by atoms with Gasteiger partial charge in [0.15, 0.2) is 0 Å². The lowest BCUT2D eigenvalue weighted by Gasteiger charge is -2.48. The Morgan fingerprint density at radius 2 is 1.89 bits per heavy atom. The molecule has 3 nitrogen and oxygen atoms in total. The Hall–Kier alpha value is -1.51. The number of carbonyl (C=O) groups excluding carboxylic acids is 1. The van der Waals surface area contributed by atoms with E-state index in [1.807, 2.05) is 18.2 Å². The molecule has 3 rings (SSSR count). The summed E-state index contributed by atoms with van der Waals surface area (Å²) < 4.78 is 0. The number of fused-ring (bicyclic) bond motifs is 1. The quantitative estimate of drug-likeness (QED) is 0.823. The third-order valence-electron chi connectivity index (χ3n) is 4.24. The molecule has 1 heterocycles. The number of nitrogens with zero attached hydrogens (tertiary/aromatic N) is 1. The van der Waals surface area contributed by atoms with Crippen LogP contribution >= 0.6 is 0 Å². The predicted molar refractivity (Wildman–Crippen MR) is 73.9 cm³/mol. The fourth-order valence-electron chi connectivity index (χ4n) is 3.57. The van der Waals surface area contributed by atoms with Crippen molar-refractivity contribution in [2.45, 2.75) is 51.1 Å². The van der Waals surface area contributed by atoms with E-state index < -0.39 is 0 Å². The first-order chi connectivity index (χ1) is 8.65. The molecule has 18 heavy (non-hydrogen) atoms. The lowest BCUT2D eigenvalue weighted by Crippen LogP contribution is -2.60. The third kappa shape index (κ3) is 1.46. The molecule has 1 aliphatic carbocycles. The van der Waals surface area contributed by atoms with E-state index in [1.54, 1.807) is 0 Å². The van der Waals surface area contributed by atoms with Gasteiger partial charge in [-0.25, -0.2) is 0 Å². The second-order valence-electron chi connectivity index (χ2n) is 5.67. The minimum atomic E-state index is -0.303. The van der Waals surface area contributed by atoms with Crippen molar-refractivity contribution >= 4 is 17.3 Å². The number of amides is 1. The summed E-state index contributed by atoms with van der Waals surface area (Å²) in [5.41, 5.74) is 1.82. The molecule has 96 valence electrons. The van der Waals surface area contributed by atoms with Crippen molar-refractivity contribution in [3.05, 3.63) is 24.3 Å². The van der Waals surface area contributed by atoms with Gasteiger partial charge in [0.25, 0.3) is 0 Å². The average molecular weight is 244 g/mol. The Morgan fingerprint density at radius 3 is 2.56 bits per heavy atom. The fraction of sp³-hybridized carbons (Fsp3) is 0.533. The zero-order valence-electron chi connectivity index (χ0n) is 11.1. The van der Waals surface area contributed by atoms with Crippen molar-refractivity contribution < 1.29 is 4.79 Å². The highest BCUT2D eigenvalue weighted by Gasteiger charge is 2.50. The van der Waals surface area contributed by atoms with Crippen LogP contribution in [0.1, 0.15) is 39.5 Å². The van der Waals surface area contributed by atoms with E-state index in [0.29, 0.717) is 6.04 Å². The molecule has 0 saturated heterocycles. The Labute approximate surface area is 108 Å². The highest BCUT2D eigenvalue weighted by atomic mass is 16.2. The standard InChI is InChI=1S/C15H20N2O/c1-11(2)17-13-8-4-3-7-12(13)16-14(18)15(17)9-5-6-10-15/h3-4,7-8,11H,5-6,9-10H2,1-2H3,(H,16,18). The lowest BCUT2D eigenvalue weighted by molar-refractivity contribution is -0.121. The highest BCUT2D eigenvalue weighted by Crippen LogP contribution is 2.45. The van der Waals surface area contributed by atoms with E-state index >= 15 is 0 Å². The first-order valence-electron chi connectivity index (χ1n) is 6.85. The molecule has 1 saturated carbocycles. The molecule has 0 aromatic heterocycles. The third-order valence-corrected chi connectivity index (χ3v) is 4.24. The van der Waals surface area contributed by atoms with Gasteiger partial charge in [-0.3, -0.25) is 4.79 Å². The molecular formula is C15H20N2O. The summed E-state index contributed by atoms with van der Waals surface area (Å²) in [5.74, 6) is 0.187. The Morgan fingerprint density at radius 1 is 1.22 bits per heavy atom. The van der Waals surface area contributed by atoms with Crippen molar-refractivity contribution in [2.24, 2.45) is 0 Å². The maximum absolute atomic E-state index is 12.5.